The molecular formula is C23H23BrN2O4. The number of rotatable bonds is 8. The van der Waals surface area contributed by atoms with Gasteiger partial charge in [-0.05, 0) is 63.8 Å². The van der Waals surface area contributed by atoms with Crippen LogP contribution in [0.4, 0.5) is 5.69 Å². The van der Waals surface area contributed by atoms with Gasteiger partial charge in [-0.1, -0.05) is 32.0 Å². The molecule has 0 bridgehead atoms. The fraction of sp³-hybridized carbons (Fsp3) is 0.217. The SMILES string of the molecule is CC(C)c1ccc(OCC(=O)Nc2ccccc2C(=O)NCc2ccco2)c(Br)c1. The minimum Gasteiger partial charge on any atom is -0.483 e. The van der Waals surface area contributed by atoms with Crippen molar-refractivity contribution in [2.45, 2.75) is 26.3 Å². The molecule has 1 heterocycles. The highest BCUT2D eigenvalue weighted by atomic mass is 79.9. The molecule has 2 amide bonds. The van der Waals surface area contributed by atoms with Crippen LogP contribution < -0.4 is 15.4 Å². The van der Waals surface area contributed by atoms with E-state index in [1.165, 1.54) is 5.56 Å². The van der Waals surface area contributed by atoms with Gasteiger partial charge in [0, 0.05) is 0 Å². The summed E-state index contributed by atoms with van der Waals surface area (Å²) in [5.74, 6) is 0.955. The smallest absolute Gasteiger partial charge is 0.262 e. The summed E-state index contributed by atoms with van der Waals surface area (Å²) in [6.07, 6.45) is 1.55. The molecule has 0 aliphatic rings. The van der Waals surface area contributed by atoms with E-state index >= 15 is 0 Å². The Morgan fingerprint density at radius 1 is 1.10 bits per heavy atom. The first-order valence-electron chi connectivity index (χ1n) is 9.55. The number of para-hydroxylation sites is 1. The van der Waals surface area contributed by atoms with Crippen LogP contribution in [0, 0.1) is 0 Å². The summed E-state index contributed by atoms with van der Waals surface area (Å²) in [5, 5.41) is 5.51. The number of carbonyl (C=O) groups excluding carboxylic acids is 2. The van der Waals surface area contributed by atoms with Crippen molar-refractivity contribution in [3.8, 4) is 5.75 Å². The van der Waals surface area contributed by atoms with Crippen molar-refractivity contribution in [1.82, 2.24) is 5.32 Å². The van der Waals surface area contributed by atoms with Crippen molar-refractivity contribution in [2.24, 2.45) is 0 Å². The van der Waals surface area contributed by atoms with E-state index < -0.39 is 0 Å². The lowest BCUT2D eigenvalue weighted by atomic mass is 10.0. The maximum atomic E-state index is 12.5. The summed E-state index contributed by atoms with van der Waals surface area (Å²) in [6.45, 7) is 4.30. The second-order valence-electron chi connectivity index (χ2n) is 6.99. The number of benzene rings is 2. The number of furan rings is 1. The lowest BCUT2D eigenvalue weighted by molar-refractivity contribution is -0.118. The molecule has 30 heavy (non-hydrogen) atoms. The molecule has 0 fully saturated rings. The zero-order valence-corrected chi connectivity index (χ0v) is 18.4. The van der Waals surface area contributed by atoms with Crippen LogP contribution in [0.2, 0.25) is 0 Å². The first kappa shape index (κ1) is 21.6. The minimum atomic E-state index is -0.360. The Kier molecular flexibility index (Phi) is 7.30. The Bertz CT molecular complexity index is 1020. The molecule has 156 valence electrons. The minimum absolute atomic E-state index is 0.179. The quantitative estimate of drug-likeness (QED) is 0.479. The van der Waals surface area contributed by atoms with E-state index in [2.05, 4.69) is 40.4 Å². The molecule has 3 rings (SSSR count). The van der Waals surface area contributed by atoms with Gasteiger partial charge in [0.15, 0.2) is 6.61 Å². The summed E-state index contributed by atoms with van der Waals surface area (Å²) in [4.78, 5) is 24.9. The van der Waals surface area contributed by atoms with Crippen LogP contribution in [0.15, 0.2) is 69.8 Å². The second-order valence-corrected chi connectivity index (χ2v) is 7.84. The Balaban J connectivity index is 1.59. The lowest BCUT2D eigenvalue weighted by Crippen LogP contribution is -2.26. The van der Waals surface area contributed by atoms with Crippen LogP contribution in [-0.4, -0.2) is 18.4 Å². The molecule has 0 saturated carbocycles. The number of hydrogen-bond donors (Lipinski definition) is 2. The molecule has 0 aliphatic heterocycles. The first-order chi connectivity index (χ1) is 14.4. The normalized spacial score (nSPS) is 10.7. The molecule has 0 aliphatic carbocycles. The highest BCUT2D eigenvalue weighted by molar-refractivity contribution is 9.10. The average Bonchev–Trinajstić information content (AvgIpc) is 3.25. The first-order valence-corrected chi connectivity index (χ1v) is 10.3. The molecule has 6 nitrogen and oxygen atoms in total. The van der Waals surface area contributed by atoms with Crippen molar-refractivity contribution in [1.29, 1.82) is 0 Å². The van der Waals surface area contributed by atoms with E-state index in [0.29, 0.717) is 28.7 Å². The van der Waals surface area contributed by atoms with Crippen LogP contribution in [0.3, 0.4) is 0 Å². The third-order valence-corrected chi connectivity index (χ3v) is 5.05. The molecule has 2 aromatic carbocycles. The Morgan fingerprint density at radius 3 is 2.60 bits per heavy atom. The zero-order chi connectivity index (χ0) is 21.5. The fourth-order valence-corrected chi connectivity index (χ4v) is 3.30. The summed E-state index contributed by atoms with van der Waals surface area (Å²) >= 11 is 3.48. The molecule has 7 heteroatoms. The zero-order valence-electron chi connectivity index (χ0n) is 16.8. The van der Waals surface area contributed by atoms with Crippen LogP contribution in [0.1, 0.15) is 41.4 Å². The van der Waals surface area contributed by atoms with Crippen LogP contribution in [0.25, 0.3) is 0 Å². The van der Waals surface area contributed by atoms with Crippen molar-refractivity contribution in [3.63, 3.8) is 0 Å². The molecule has 0 spiro atoms. The topological polar surface area (TPSA) is 80.6 Å². The van der Waals surface area contributed by atoms with Crippen molar-refractivity contribution >= 4 is 33.4 Å². The maximum absolute atomic E-state index is 12.5. The number of ether oxygens (including phenoxy) is 1. The lowest BCUT2D eigenvalue weighted by Gasteiger charge is -2.13. The van der Waals surface area contributed by atoms with Gasteiger partial charge in [0.25, 0.3) is 11.8 Å². The van der Waals surface area contributed by atoms with Crippen molar-refractivity contribution in [3.05, 3.63) is 82.2 Å². The number of nitrogens with one attached hydrogen (secondary N) is 2. The third kappa shape index (κ3) is 5.73. The van der Waals surface area contributed by atoms with Crippen molar-refractivity contribution in [2.75, 3.05) is 11.9 Å². The summed E-state index contributed by atoms with van der Waals surface area (Å²) in [6, 6.07) is 16.1. The summed E-state index contributed by atoms with van der Waals surface area (Å²) in [5.41, 5.74) is 1.95. The number of amides is 2. The Hall–Kier alpha value is -3.06. The van der Waals surface area contributed by atoms with E-state index in [1.807, 2.05) is 18.2 Å². The summed E-state index contributed by atoms with van der Waals surface area (Å²) < 4.78 is 11.6. The van der Waals surface area contributed by atoms with E-state index in [9.17, 15) is 9.59 Å². The molecule has 0 radical (unpaired) electrons. The Labute approximate surface area is 183 Å². The van der Waals surface area contributed by atoms with Gasteiger partial charge in [-0.3, -0.25) is 9.59 Å². The standard InChI is InChI=1S/C23H23BrN2O4/c1-15(2)16-9-10-21(19(24)12-16)30-14-22(27)26-20-8-4-3-7-18(20)23(28)25-13-17-6-5-11-29-17/h3-12,15H,13-14H2,1-2H3,(H,25,28)(H,26,27). The maximum Gasteiger partial charge on any atom is 0.262 e. The number of hydrogen-bond acceptors (Lipinski definition) is 4. The molecule has 3 aromatic rings. The van der Waals surface area contributed by atoms with Crippen LogP contribution in [-0.2, 0) is 11.3 Å². The second kappa shape index (κ2) is 10.1. The average molecular weight is 471 g/mol. The van der Waals surface area contributed by atoms with Gasteiger partial charge in [0.05, 0.1) is 28.5 Å². The van der Waals surface area contributed by atoms with Gasteiger partial charge in [-0.25, -0.2) is 0 Å². The van der Waals surface area contributed by atoms with Gasteiger partial charge in [0.2, 0.25) is 0 Å². The molecule has 0 unspecified atom stereocenters. The van der Waals surface area contributed by atoms with Crippen LogP contribution >= 0.6 is 15.9 Å². The predicted molar refractivity (Wildman–Crippen MR) is 119 cm³/mol. The number of carbonyl (C=O) groups is 2. The van der Waals surface area contributed by atoms with E-state index in [4.69, 9.17) is 9.15 Å². The highest BCUT2D eigenvalue weighted by Crippen LogP contribution is 2.29. The highest BCUT2D eigenvalue weighted by Gasteiger charge is 2.14. The van der Waals surface area contributed by atoms with E-state index in [0.717, 1.165) is 4.47 Å². The molecular weight excluding hydrogens is 448 g/mol. The van der Waals surface area contributed by atoms with Gasteiger partial charge < -0.3 is 19.8 Å². The predicted octanol–water partition coefficient (Wildman–Crippen LogP) is 5.11. The van der Waals surface area contributed by atoms with Gasteiger partial charge in [0.1, 0.15) is 11.5 Å². The Morgan fingerprint density at radius 2 is 1.90 bits per heavy atom. The number of anilines is 1. The third-order valence-electron chi connectivity index (χ3n) is 4.43. The van der Waals surface area contributed by atoms with Gasteiger partial charge >= 0.3 is 0 Å². The monoisotopic (exact) mass is 470 g/mol. The number of halogens is 1. The van der Waals surface area contributed by atoms with Gasteiger partial charge in [-0.15, -0.1) is 0 Å². The molecule has 0 saturated heterocycles. The fourth-order valence-electron chi connectivity index (χ4n) is 2.79. The molecule has 2 N–H and O–H groups in total. The molecule has 0 atom stereocenters. The van der Waals surface area contributed by atoms with E-state index in [-0.39, 0.29) is 25.0 Å². The van der Waals surface area contributed by atoms with Crippen LogP contribution in [0.5, 0.6) is 5.75 Å². The van der Waals surface area contributed by atoms with Gasteiger partial charge in [-0.2, -0.15) is 0 Å². The van der Waals surface area contributed by atoms with E-state index in [1.54, 1.807) is 42.7 Å². The summed E-state index contributed by atoms with van der Waals surface area (Å²) in [7, 11) is 0. The largest absolute Gasteiger partial charge is 0.483 e. The molecule has 1 aromatic heterocycles. The van der Waals surface area contributed by atoms with Crippen molar-refractivity contribution < 1.29 is 18.7 Å².